The number of benzene rings is 1. The molecular formula is C24H29ClN6O2. The van der Waals surface area contributed by atoms with Crippen molar-refractivity contribution in [3.8, 4) is 5.69 Å². The van der Waals surface area contributed by atoms with Gasteiger partial charge in [0.15, 0.2) is 0 Å². The number of rotatable bonds is 5. The van der Waals surface area contributed by atoms with Gasteiger partial charge in [-0.25, -0.2) is 14.5 Å². The van der Waals surface area contributed by atoms with E-state index in [0.29, 0.717) is 23.8 Å². The van der Waals surface area contributed by atoms with Crippen molar-refractivity contribution in [3.63, 3.8) is 0 Å². The number of halogens is 1. The number of urea groups is 1. The zero-order valence-electron chi connectivity index (χ0n) is 19.0. The van der Waals surface area contributed by atoms with Gasteiger partial charge in [0.05, 0.1) is 41.6 Å². The van der Waals surface area contributed by atoms with Crippen LogP contribution in [0.4, 0.5) is 16.3 Å². The van der Waals surface area contributed by atoms with E-state index in [1.165, 1.54) is 0 Å². The predicted octanol–water partition coefficient (Wildman–Crippen LogP) is 4.11. The van der Waals surface area contributed by atoms with Crippen molar-refractivity contribution in [2.75, 3.05) is 23.3 Å². The van der Waals surface area contributed by atoms with E-state index in [1.807, 2.05) is 46.0 Å². The molecule has 2 aromatic heterocycles. The molecule has 0 saturated carbocycles. The summed E-state index contributed by atoms with van der Waals surface area (Å²) in [5.41, 5.74) is 3.06. The molecule has 174 valence electrons. The van der Waals surface area contributed by atoms with E-state index in [1.54, 1.807) is 12.3 Å². The zero-order chi connectivity index (χ0) is 23.6. The molecule has 2 amide bonds. The maximum Gasteiger partial charge on any atom is 0.319 e. The van der Waals surface area contributed by atoms with E-state index in [2.05, 4.69) is 36.4 Å². The number of aromatic nitrogens is 3. The van der Waals surface area contributed by atoms with E-state index in [0.717, 1.165) is 35.9 Å². The molecular weight excluding hydrogens is 440 g/mol. The Balaban J connectivity index is 1.43. The number of nitrogens with zero attached hydrogens (tertiary/aromatic N) is 4. The van der Waals surface area contributed by atoms with Crippen LogP contribution in [-0.2, 0) is 12.0 Å². The molecule has 3 heterocycles. The van der Waals surface area contributed by atoms with Crippen molar-refractivity contribution < 1.29 is 9.90 Å². The number of aliphatic hydroxyl groups is 1. The Labute approximate surface area is 198 Å². The summed E-state index contributed by atoms with van der Waals surface area (Å²) < 4.78 is 1.81. The second kappa shape index (κ2) is 9.41. The van der Waals surface area contributed by atoms with Crippen molar-refractivity contribution in [2.45, 2.75) is 45.3 Å². The van der Waals surface area contributed by atoms with E-state index < -0.39 is 0 Å². The maximum atomic E-state index is 12.5. The van der Waals surface area contributed by atoms with E-state index in [-0.39, 0.29) is 17.6 Å². The third-order valence-electron chi connectivity index (χ3n) is 5.53. The fourth-order valence-corrected chi connectivity index (χ4v) is 3.87. The third kappa shape index (κ3) is 5.64. The minimum absolute atomic E-state index is 0.139. The highest BCUT2D eigenvalue weighted by Crippen LogP contribution is 2.25. The molecule has 1 aliphatic rings. The van der Waals surface area contributed by atoms with Crippen LogP contribution in [0.15, 0.2) is 48.7 Å². The largest absolute Gasteiger partial charge is 0.391 e. The summed E-state index contributed by atoms with van der Waals surface area (Å²) in [6, 6.07) is 12.8. The van der Waals surface area contributed by atoms with Crippen LogP contribution in [0.3, 0.4) is 0 Å². The molecule has 3 N–H and O–H groups in total. The summed E-state index contributed by atoms with van der Waals surface area (Å²) in [6.07, 6.45) is 2.05. The first-order chi connectivity index (χ1) is 15.7. The van der Waals surface area contributed by atoms with E-state index >= 15 is 0 Å². The van der Waals surface area contributed by atoms with Crippen LogP contribution in [0.5, 0.6) is 0 Å². The molecule has 1 saturated heterocycles. The molecule has 3 aromatic rings. The van der Waals surface area contributed by atoms with Gasteiger partial charge in [-0.05, 0) is 42.8 Å². The minimum Gasteiger partial charge on any atom is -0.391 e. The van der Waals surface area contributed by atoms with Crippen LogP contribution in [0.2, 0.25) is 5.02 Å². The van der Waals surface area contributed by atoms with Crippen molar-refractivity contribution in [2.24, 2.45) is 0 Å². The lowest BCUT2D eigenvalue weighted by Gasteiger charge is -2.16. The normalized spacial score (nSPS) is 16.2. The fourth-order valence-electron chi connectivity index (χ4n) is 3.69. The first-order valence-electron chi connectivity index (χ1n) is 11.0. The Hall–Kier alpha value is -3.10. The highest BCUT2D eigenvalue weighted by molar-refractivity contribution is 6.30. The summed E-state index contributed by atoms with van der Waals surface area (Å²) in [6.45, 7) is 7.94. The number of hydrogen-bond donors (Lipinski definition) is 3. The SMILES string of the molecule is CC(C)(C)c1cc(CNC(=O)Nc2ccc(N3CCC(O)C3)nc2)n(-c2cccc(Cl)c2)n1. The minimum atomic E-state index is -0.336. The molecule has 0 radical (unpaired) electrons. The Morgan fingerprint density at radius 1 is 1.24 bits per heavy atom. The summed E-state index contributed by atoms with van der Waals surface area (Å²) in [7, 11) is 0. The maximum absolute atomic E-state index is 12.5. The number of aliphatic hydroxyl groups excluding tert-OH is 1. The molecule has 0 bridgehead atoms. The Kier molecular flexibility index (Phi) is 6.58. The Morgan fingerprint density at radius 2 is 2.06 bits per heavy atom. The molecule has 4 rings (SSSR count). The van der Waals surface area contributed by atoms with Gasteiger partial charge in [-0.1, -0.05) is 38.4 Å². The number of anilines is 2. The lowest BCUT2D eigenvalue weighted by atomic mass is 9.92. The monoisotopic (exact) mass is 468 g/mol. The van der Waals surface area contributed by atoms with Crippen LogP contribution >= 0.6 is 11.6 Å². The highest BCUT2D eigenvalue weighted by atomic mass is 35.5. The van der Waals surface area contributed by atoms with Crippen LogP contribution in [0.1, 0.15) is 38.6 Å². The van der Waals surface area contributed by atoms with Crippen LogP contribution in [0.25, 0.3) is 5.69 Å². The first-order valence-corrected chi connectivity index (χ1v) is 11.4. The number of pyridine rings is 1. The summed E-state index contributed by atoms with van der Waals surface area (Å²) >= 11 is 6.18. The molecule has 8 nitrogen and oxygen atoms in total. The second-order valence-electron chi connectivity index (χ2n) is 9.26. The lowest BCUT2D eigenvalue weighted by molar-refractivity contribution is 0.198. The average molecular weight is 469 g/mol. The standard InChI is InChI=1S/C24H29ClN6O2/c1-24(2,3)21-12-19(31(29-21)18-6-4-5-16(25)11-18)14-27-23(33)28-17-7-8-22(26-13-17)30-10-9-20(32)15-30/h4-8,11-13,20,32H,9-10,14-15H2,1-3H3,(H2,27,28,33). The van der Waals surface area contributed by atoms with Crippen molar-refractivity contribution in [1.82, 2.24) is 20.1 Å². The van der Waals surface area contributed by atoms with E-state index in [4.69, 9.17) is 16.7 Å². The molecule has 1 atom stereocenters. The van der Waals surface area contributed by atoms with Crippen LogP contribution < -0.4 is 15.5 Å². The van der Waals surface area contributed by atoms with Gasteiger partial charge in [0.2, 0.25) is 0 Å². The second-order valence-corrected chi connectivity index (χ2v) is 9.70. The molecule has 33 heavy (non-hydrogen) atoms. The summed E-state index contributed by atoms with van der Waals surface area (Å²) in [5.74, 6) is 0.789. The van der Waals surface area contributed by atoms with Gasteiger partial charge in [0.1, 0.15) is 5.82 Å². The first kappa shape index (κ1) is 23.1. The summed E-state index contributed by atoms with van der Waals surface area (Å²) in [5, 5.41) is 20.8. The fraction of sp³-hybridized carbons (Fsp3) is 0.375. The van der Waals surface area contributed by atoms with Gasteiger partial charge in [-0.2, -0.15) is 5.10 Å². The number of β-amino-alcohol motifs (C(OH)–C–C–N with tert-alkyl or cyclic N) is 1. The van der Waals surface area contributed by atoms with Crippen LogP contribution in [0, 0.1) is 0 Å². The predicted molar refractivity (Wildman–Crippen MR) is 130 cm³/mol. The number of carbonyl (C=O) groups excluding carboxylic acids is 1. The number of hydrogen-bond acceptors (Lipinski definition) is 5. The zero-order valence-corrected chi connectivity index (χ0v) is 19.8. The van der Waals surface area contributed by atoms with Crippen molar-refractivity contribution in [3.05, 3.63) is 65.1 Å². The molecule has 9 heteroatoms. The van der Waals surface area contributed by atoms with E-state index in [9.17, 15) is 9.90 Å². The van der Waals surface area contributed by atoms with Gasteiger partial charge in [-0.15, -0.1) is 0 Å². The molecule has 1 aliphatic heterocycles. The molecule has 1 aromatic carbocycles. The number of amides is 2. The van der Waals surface area contributed by atoms with Gasteiger partial charge < -0.3 is 20.6 Å². The van der Waals surface area contributed by atoms with Crippen LogP contribution in [-0.4, -0.2) is 45.1 Å². The quantitative estimate of drug-likeness (QED) is 0.523. The molecule has 1 fully saturated rings. The Morgan fingerprint density at radius 3 is 2.70 bits per heavy atom. The van der Waals surface area contributed by atoms with Crippen molar-refractivity contribution in [1.29, 1.82) is 0 Å². The van der Waals surface area contributed by atoms with Gasteiger partial charge in [-0.3, -0.25) is 0 Å². The molecule has 1 unspecified atom stereocenters. The van der Waals surface area contributed by atoms with Crippen molar-refractivity contribution >= 4 is 29.1 Å². The lowest BCUT2D eigenvalue weighted by Crippen LogP contribution is -2.29. The smallest absolute Gasteiger partial charge is 0.319 e. The molecule has 0 aliphatic carbocycles. The topological polar surface area (TPSA) is 95.3 Å². The summed E-state index contributed by atoms with van der Waals surface area (Å²) in [4.78, 5) is 19.0. The number of nitrogens with one attached hydrogen (secondary N) is 2. The highest BCUT2D eigenvalue weighted by Gasteiger charge is 2.22. The van der Waals surface area contributed by atoms with Gasteiger partial charge >= 0.3 is 6.03 Å². The Bertz CT molecular complexity index is 1120. The van der Waals surface area contributed by atoms with Gasteiger partial charge in [0, 0.05) is 23.5 Å². The number of carbonyl (C=O) groups is 1. The average Bonchev–Trinajstić information content (AvgIpc) is 3.39. The third-order valence-corrected chi connectivity index (χ3v) is 5.76. The molecule has 0 spiro atoms. The van der Waals surface area contributed by atoms with Gasteiger partial charge in [0.25, 0.3) is 0 Å².